The van der Waals surface area contributed by atoms with Crippen LogP contribution in [-0.4, -0.2) is 13.1 Å². The van der Waals surface area contributed by atoms with Crippen LogP contribution in [-0.2, 0) is 0 Å². The summed E-state index contributed by atoms with van der Waals surface area (Å²) in [5.41, 5.74) is 8.08. The van der Waals surface area contributed by atoms with Gasteiger partial charge in [0, 0.05) is 24.5 Å². The average molecular weight is 227 g/mol. The highest BCUT2D eigenvalue weighted by Gasteiger charge is 2.36. The lowest BCUT2D eigenvalue weighted by atomic mass is 10.0. The molecule has 0 aromatic heterocycles. The first-order chi connectivity index (χ1) is 8.28. The predicted octanol–water partition coefficient (Wildman–Crippen LogP) is 2.38. The lowest BCUT2D eigenvalue weighted by molar-refractivity contribution is 0.494. The molecule has 2 fully saturated rings. The molecule has 2 aliphatic rings. The maximum Gasteiger partial charge on any atom is 0.101 e. The van der Waals surface area contributed by atoms with Gasteiger partial charge in [0.05, 0.1) is 5.56 Å². The summed E-state index contributed by atoms with van der Waals surface area (Å²) in [5.74, 6) is 1.75. The molecule has 17 heavy (non-hydrogen) atoms. The van der Waals surface area contributed by atoms with Crippen molar-refractivity contribution in [2.24, 2.45) is 11.8 Å². The Labute approximate surface area is 102 Å². The minimum absolute atomic E-state index is 0.579. The molecule has 1 aliphatic heterocycles. The van der Waals surface area contributed by atoms with E-state index < -0.39 is 0 Å². The highest BCUT2D eigenvalue weighted by molar-refractivity contribution is 5.63. The van der Waals surface area contributed by atoms with Gasteiger partial charge in [0.2, 0.25) is 0 Å². The van der Waals surface area contributed by atoms with E-state index in [-0.39, 0.29) is 0 Å². The third kappa shape index (κ3) is 1.74. The number of anilines is 2. The van der Waals surface area contributed by atoms with Crippen molar-refractivity contribution in [1.82, 2.24) is 0 Å². The Morgan fingerprint density at radius 3 is 2.59 bits per heavy atom. The fraction of sp³-hybridized carbons (Fsp3) is 0.500. The van der Waals surface area contributed by atoms with Crippen molar-refractivity contribution in [3.8, 4) is 6.07 Å². The summed E-state index contributed by atoms with van der Waals surface area (Å²) >= 11 is 0. The molecule has 1 saturated carbocycles. The molecular weight excluding hydrogens is 210 g/mol. The number of nitrogen functional groups attached to an aromatic ring is 1. The lowest BCUT2D eigenvalue weighted by Crippen LogP contribution is -2.20. The molecule has 0 amide bonds. The number of nitrogens with two attached hydrogens (primary N) is 1. The number of hydrogen-bond donors (Lipinski definition) is 1. The Balaban J connectivity index is 1.84. The second-order valence-electron chi connectivity index (χ2n) is 5.24. The molecule has 3 rings (SSSR count). The van der Waals surface area contributed by atoms with Gasteiger partial charge in [-0.2, -0.15) is 5.26 Å². The van der Waals surface area contributed by atoms with E-state index in [9.17, 15) is 0 Å². The molecule has 0 radical (unpaired) electrons. The van der Waals surface area contributed by atoms with Crippen molar-refractivity contribution >= 4 is 11.4 Å². The quantitative estimate of drug-likeness (QED) is 0.749. The van der Waals surface area contributed by atoms with Gasteiger partial charge in [-0.1, -0.05) is 6.42 Å². The predicted molar refractivity (Wildman–Crippen MR) is 68.6 cm³/mol. The van der Waals surface area contributed by atoms with E-state index >= 15 is 0 Å². The summed E-state index contributed by atoms with van der Waals surface area (Å²) in [6, 6.07) is 7.97. The summed E-state index contributed by atoms with van der Waals surface area (Å²) in [5, 5.41) is 9.00. The van der Waals surface area contributed by atoms with Crippen molar-refractivity contribution in [2.45, 2.75) is 19.3 Å². The van der Waals surface area contributed by atoms with Gasteiger partial charge >= 0.3 is 0 Å². The van der Waals surface area contributed by atoms with Gasteiger partial charge in [-0.15, -0.1) is 0 Å². The molecule has 0 bridgehead atoms. The molecule has 2 N–H and O–H groups in total. The van der Waals surface area contributed by atoms with Crippen LogP contribution >= 0.6 is 0 Å². The molecule has 88 valence electrons. The molecule has 3 nitrogen and oxygen atoms in total. The monoisotopic (exact) mass is 227 g/mol. The van der Waals surface area contributed by atoms with Crippen LogP contribution in [0.2, 0.25) is 0 Å². The van der Waals surface area contributed by atoms with E-state index in [4.69, 9.17) is 11.0 Å². The molecule has 1 aromatic carbocycles. The van der Waals surface area contributed by atoms with Crippen LogP contribution in [0.4, 0.5) is 11.4 Å². The third-order valence-corrected chi connectivity index (χ3v) is 4.25. The Morgan fingerprint density at radius 2 is 1.94 bits per heavy atom. The van der Waals surface area contributed by atoms with Crippen LogP contribution in [0.25, 0.3) is 0 Å². The zero-order valence-electron chi connectivity index (χ0n) is 9.89. The van der Waals surface area contributed by atoms with Crippen LogP contribution in [0.5, 0.6) is 0 Å². The Bertz CT molecular complexity index is 463. The zero-order valence-corrected chi connectivity index (χ0v) is 9.89. The van der Waals surface area contributed by atoms with Crippen molar-refractivity contribution in [2.75, 3.05) is 23.7 Å². The minimum atomic E-state index is 0.579. The van der Waals surface area contributed by atoms with E-state index in [1.807, 2.05) is 18.2 Å². The van der Waals surface area contributed by atoms with E-state index in [1.54, 1.807) is 0 Å². The molecule has 2 unspecified atom stereocenters. The number of rotatable bonds is 1. The normalized spacial score (nSPS) is 26.9. The zero-order chi connectivity index (χ0) is 11.8. The van der Waals surface area contributed by atoms with E-state index in [0.29, 0.717) is 11.3 Å². The lowest BCUT2D eigenvalue weighted by Gasteiger charge is -2.20. The smallest absolute Gasteiger partial charge is 0.101 e. The maximum atomic E-state index is 9.00. The summed E-state index contributed by atoms with van der Waals surface area (Å²) in [7, 11) is 0. The molecular formula is C14H17N3. The summed E-state index contributed by atoms with van der Waals surface area (Å²) in [4.78, 5) is 2.41. The number of nitrogens with zero attached hydrogens (tertiary/aromatic N) is 2. The summed E-state index contributed by atoms with van der Waals surface area (Å²) in [6.07, 6.45) is 4.15. The van der Waals surface area contributed by atoms with Gasteiger partial charge in [0.1, 0.15) is 6.07 Å². The van der Waals surface area contributed by atoms with Crippen molar-refractivity contribution in [1.29, 1.82) is 5.26 Å². The van der Waals surface area contributed by atoms with Gasteiger partial charge in [0.15, 0.2) is 0 Å². The van der Waals surface area contributed by atoms with Gasteiger partial charge in [-0.05, 0) is 42.9 Å². The fourth-order valence-electron chi connectivity index (χ4n) is 3.28. The first-order valence-electron chi connectivity index (χ1n) is 6.32. The average Bonchev–Trinajstić information content (AvgIpc) is 2.90. The van der Waals surface area contributed by atoms with Gasteiger partial charge in [0.25, 0.3) is 0 Å². The molecule has 3 heteroatoms. The second kappa shape index (κ2) is 3.96. The largest absolute Gasteiger partial charge is 0.398 e. The number of benzene rings is 1. The number of hydrogen-bond acceptors (Lipinski definition) is 3. The molecule has 1 aromatic rings. The maximum absolute atomic E-state index is 9.00. The van der Waals surface area contributed by atoms with Crippen molar-refractivity contribution in [3.05, 3.63) is 23.8 Å². The molecule has 1 aliphatic carbocycles. The SMILES string of the molecule is N#Cc1cc(N2CC3CCCC3C2)ccc1N. The highest BCUT2D eigenvalue weighted by Crippen LogP contribution is 2.39. The topological polar surface area (TPSA) is 53.0 Å². The Morgan fingerprint density at radius 1 is 1.24 bits per heavy atom. The van der Waals surface area contributed by atoms with Crippen molar-refractivity contribution in [3.63, 3.8) is 0 Å². The Hall–Kier alpha value is -1.69. The second-order valence-corrected chi connectivity index (χ2v) is 5.24. The van der Waals surface area contributed by atoms with Crippen LogP contribution in [0.15, 0.2) is 18.2 Å². The van der Waals surface area contributed by atoms with Crippen LogP contribution in [0, 0.1) is 23.2 Å². The summed E-state index contributed by atoms with van der Waals surface area (Å²) < 4.78 is 0. The highest BCUT2D eigenvalue weighted by atomic mass is 15.2. The minimum Gasteiger partial charge on any atom is -0.398 e. The standard InChI is InChI=1S/C14H17N3/c15-7-12-6-13(4-5-14(12)16)17-8-10-2-1-3-11(10)9-17/h4-6,10-11H,1-3,8-9,16H2. The van der Waals surface area contributed by atoms with Gasteiger partial charge < -0.3 is 10.6 Å². The van der Waals surface area contributed by atoms with Crippen LogP contribution in [0.3, 0.4) is 0 Å². The molecule has 1 saturated heterocycles. The third-order valence-electron chi connectivity index (χ3n) is 4.25. The van der Waals surface area contributed by atoms with Crippen LogP contribution < -0.4 is 10.6 Å². The van der Waals surface area contributed by atoms with E-state index in [0.717, 1.165) is 30.6 Å². The number of nitriles is 1. The van der Waals surface area contributed by atoms with E-state index in [1.165, 1.54) is 19.3 Å². The number of fused-ring (bicyclic) bond motifs is 1. The first-order valence-corrected chi connectivity index (χ1v) is 6.32. The Kier molecular flexibility index (Phi) is 2.44. The van der Waals surface area contributed by atoms with Gasteiger partial charge in [-0.3, -0.25) is 0 Å². The van der Waals surface area contributed by atoms with Crippen molar-refractivity contribution < 1.29 is 0 Å². The van der Waals surface area contributed by atoms with Crippen LogP contribution in [0.1, 0.15) is 24.8 Å². The molecule has 1 heterocycles. The first kappa shape index (κ1) is 10.5. The fourth-order valence-corrected chi connectivity index (χ4v) is 3.28. The molecule has 2 atom stereocenters. The van der Waals surface area contributed by atoms with E-state index in [2.05, 4.69) is 11.0 Å². The molecule has 0 spiro atoms. The summed E-state index contributed by atoms with van der Waals surface area (Å²) in [6.45, 7) is 2.30. The van der Waals surface area contributed by atoms with Gasteiger partial charge in [-0.25, -0.2) is 0 Å².